The fourth-order valence-electron chi connectivity index (χ4n) is 7.14. The normalized spacial score (nSPS) is 21.2. The zero-order valence-electron chi connectivity index (χ0n) is 22.9. The summed E-state index contributed by atoms with van der Waals surface area (Å²) in [4.78, 5) is 46.3. The number of ether oxygens (including phenoxy) is 2. The van der Waals surface area contributed by atoms with E-state index < -0.39 is 23.4 Å². The molecule has 0 N–H and O–H groups in total. The van der Waals surface area contributed by atoms with Crippen molar-refractivity contribution in [1.82, 2.24) is 0 Å². The highest BCUT2D eigenvalue weighted by Crippen LogP contribution is 2.62. The fraction of sp³-hybridized carbons (Fsp3) is 0.171. The number of carbonyl (C=O) groups excluding carboxylic acids is 3. The third-order valence-electron chi connectivity index (χ3n) is 8.87. The largest absolute Gasteiger partial charge is 0.497 e. The number of fused-ring (bicyclic) bond motifs is 5. The van der Waals surface area contributed by atoms with Crippen LogP contribution in [0.25, 0.3) is 6.08 Å². The first-order valence-corrected chi connectivity index (χ1v) is 14.5. The maximum Gasteiger partial charge on any atom is 0.185 e. The summed E-state index contributed by atoms with van der Waals surface area (Å²) in [5.41, 5.74) is 1.92. The van der Waals surface area contributed by atoms with Crippen LogP contribution < -0.4 is 14.4 Å². The Labute approximate surface area is 251 Å². The Morgan fingerprint density at radius 2 is 1.52 bits per heavy atom. The molecule has 0 unspecified atom stereocenters. The van der Waals surface area contributed by atoms with Gasteiger partial charge in [0.05, 0.1) is 20.3 Å². The molecule has 4 aromatic rings. The minimum atomic E-state index is -1.61. The highest BCUT2D eigenvalue weighted by molar-refractivity contribution is 9.10. The van der Waals surface area contributed by atoms with E-state index in [0.29, 0.717) is 33.8 Å². The van der Waals surface area contributed by atoms with Crippen molar-refractivity contribution in [3.63, 3.8) is 0 Å². The summed E-state index contributed by atoms with van der Waals surface area (Å²) in [5.74, 6) is -0.609. The Morgan fingerprint density at radius 3 is 2.19 bits per heavy atom. The predicted molar refractivity (Wildman–Crippen MR) is 164 cm³/mol. The van der Waals surface area contributed by atoms with Crippen molar-refractivity contribution in [2.45, 2.75) is 18.0 Å². The molecule has 3 atom stereocenters. The molecule has 1 fully saturated rings. The minimum Gasteiger partial charge on any atom is -0.497 e. The third kappa shape index (κ3) is 3.53. The summed E-state index contributed by atoms with van der Waals surface area (Å²) in [7, 11) is 3.11. The maximum absolute atomic E-state index is 14.8. The van der Waals surface area contributed by atoms with E-state index >= 15 is 0 Å². The SMILES string of the molecule is COc1ccc([C@@H]2[C@H](C(=O)c3ccccc3)N3c4ccc(Br)cc4C=C[C@@H]3C23C(=O)c2ccccc2C3=O)c(OC)c1. The third-order valence-corrected chi connectivity index (χ3v) is 9.36. The number of ketones is 3. The fourth-order valence-corrected chi connectivity index (χ4v) is 7.52. The minimum absolute atomic E-state index is 0.180. The van der Waals surface area contributed by atoms with Crippen LogP contribution in [0.3, 0.4) is 0 Å². The highest BCUT2D eigenvalue weighted by atomic mass is 79.9. The average Bonchev–Trinajstić information content (AvgIpc) is 3.46. The Morgan fingerprint density at radius 1 is 0.833 bits per heavy atom. The van der Waals surface area contributed by atoms with Gasteiger partial charge in [0.1, 0.15) is 23.0 Å². The van der Waals surface area contributed by atoms with E-state index in [4.69, 9.17) is 9.47 Å². The Balaban J connectivity index is 1.57. The second-order valence-electron chi connectivity index (χ2n) is 10.7. The Kier molecular flexibility index (Phi) is 6.17. The molecule has 0 radical (unpaired) electrons. The molecule has 1 saturated heterocycles. The maximum atomic E-state index is 14.8. The summed E-state index contributed by atoms with van der Waals surface area (Å²) >= 11 is 3.57. The number of hydrogen-bond donors (Lipinski definition) is 0. The zero-order valence-corrected chi connectivity index (χ0v) is 24.5. The first kappa shape index (κ1) is 26.4. The van der Waals surface area contributed by atoms with Gasteiger partial charge in [-0.3, -0.25) is 14.4 Å². The van der Waals surface area contributed by atoms with Crippen molar-refractivity contribution in [2.75, 3.05) is 19.1 Å². The number of methoxy groups -OCH3 is 2. The smallest absolute Gasteiger partial charge is 0.185 e. The Hall–Kier alpha value is -4.49. The average molecular weight is 620 g/mol. The van der Waals surface area contributed by atoms with Gasteiger partial charge in [0.15, 0.2) is 17.3 Å². The molecule has 0 amide bonds. The molecule has 6 nitrogen and oxygen atoms in total. The molecule has 7 heteroatoms. The molecule has 42 heavy (non-hydrogen) atoms. The summed E-state index contributed by atoms with van der Waals surface area (Å²) in [6.45, 7) is 0. The van der Waals surface area contributed by atoms with Gasteiger partial charge in [0, 0.05) is 44.4 Å². The van der Waals surface area contributed by atoms with Crippen molar-refractivity contribution in [2.24, 2.45) is 5.41 Å². The van der Waals surface area contributed by atoms with Gasteiger partial charge < -0.3 is 14.4 Å². The number of benzene rings is 4. The molecule has 1 aliphatic carbocycles. The van der Waals surface area contributed by atoms with E-state index in [9.17, 15) is 14.4 Å². The van der Waals surface area contributed by atoms with Gasteiger partial charge >= 0.3 is 0 Å². The monoisotopic (exact) mass is 619 g/mol. The van der Waals surface area contributed by atoms with Crippen LogP contribution in [0.15, 0.2) is 102 Å². The lowest BCUT2D eigenvalue weighted by Crippen LogP contribution is -2.48. The van der Waals surface area contributed by atoms with Gasteiger partial charge in [0.2, 0.25) is 0 Å². The first-order chi connectivity index (χ1) is 20.4. The van der Waals surface area contributed by atoms with E-state index in [1.54, 1.807) is 62.8 Å². The van der Waals surface area contributed by atoms with E-state index in [2.05, 4.69) is 15.9 Å². The van der Waals surface area contributed by atoms with Crippen LogP contribution in [0.2, 0.25) is 0 Å². The van der Waals surface area contributed by atoms with Crippen molar-refractivity contribution in [3.8, 4) is 11.5 Å². The lowest BCUT2D eigenvalue weighted by molar-refractivity contribution is 0.0665. The van der Waals surface area contributed by atoms with Crippen molar-refractivity contribution in [3.05, 3.63) is 129 Å². The van der Waals surface area contributed by atoms with E-state index in [0.717, 1.165) is 15.7 Å². The van der Waals surface area contributed by atoms with Crippen LogP contribution in [0.1, 0.15) is 48.1 Å². The molecule has 2 heterocycles. The van der Waals surface area contributed by atoms with Crippen LogP contribution in [-0.4, -0.2) is 43.7 Å². The number of Topliss-reactive ketones (excluding diaryl/α,β-unsaturated/α-hetero) is 3. The lowest BCUT2D eigenvalue weighted by Gasteiger charge is -2.37. The highest BCUT2D eigenvalue weighted by Gasteiger charge is 2.72. The molecule has 3 aliphatic rings. The topological polar surface area (TPSA) is 72.9 Å². The van der Waals surface area contributed by atoms with Crippen molar-refractivity contribution >= 4 is 45.0 Å². The number of hydrogen-bond acceptors (Lipinski definition) is 6. The van der Waals surface area contributed by atoms with Crippen LogP contribution in [0.4, 0.5) is 5.69 Å². The molecule has 2 aliphatic heterocycles. The second kappa shape index (κ2) is 9.81. The molecule has 0 saturated carbocycles. The number of anilines is 1. The van der Waals surface area contributed by atoms with Crippen molar-refractivity contribution in [1.29, 1.82) is 0 Å². The van der Waals surface area contributed by atoms with Gasteiger partial charge in [-0.2, -0.15) is 0 Å². The quantitative estimate of drug-likeness (QED) is 0.181. The number of halogens is 1. The van der Waals surface area contributed by atoms with Gasteiger partial charge in [-0.15, -0.1) is 0 Å². The van der Waals surface area contributed by atoms with Gasteiger partial charge in [0.25, 0.3) is 0 Å². The summed E-state index contributed by atoms with van der Waals surface area (Å²) in [5, 5.41) is 0. The molecular weight excluding hydrogens is 594 g/mol. The molecule has 0 bridgehead atoms. The molecule has 1 spiro atoms. The van der Waals surface area contributed by atoms with Gasteiger partial charge in [-0.25, -0.2) is 0 Å². The first-order valence-electron chi connectivity index (χ1n) is 13.7. The van der Waals surface area contributed by atoms with Crippen LogP contribution in [-0.2, 0) is 0 Å². The summed E-state index contributed by atoms with van der Waals surface area (Å²) in [6, 6.07) is 25.6. The Bertz CT molecular complexity index is 1780. The molecule has 7 rings (SSSR count). The van der Waals surface area contributed by atoms with E-state index in [-0.39, 0.29) is 17.3 Å². The molecule has 0 aromatic heterocycles. The van der Waals surface area contributed by atoms with Crippen LogP contribution in [0, 0.1) is 5.41 Å². The van der Waals surface area contributed by atoms with Crippen LogP contribution in [0.5, 0.6) is 11.5 Å². The standard InChI is InChI=1S/C35H26BrNO5/c1-41-23-14-15-26(28(19-23)42-2)30-31(32(38)20-8-4-3-5-9-20)37-27-16-13-22(36)18-21(27)12-17-29(37)35(30)33(39)24-10-6-7-11-25(24)34(35)40/h3-19,29-31H,1-2H3/t29-,30-,31-/m1/s1. The lowest BCUT2D eigenvalue weighted by atomic mass is 9.64. The van der Waals surface area contributed by atoms with Gasteiger partial charge in [-0.1, -0.05) is 88.7 Å². The second-order valence-corrected chi connectivity index (χ2v) is 11.7. The summed E-state index contributed by atoms with van der Waals surface area (Å²) < 4.78 is 12.2. The number of carbonyl (C=O) groups is 3. The zero-order chi connectivity index (χ0) is 29.2. The number of rotatable bonds is 5. The molecule has 208 valence electrons. The summed E-state index contributed by atoms with van der Waals surface area (Å²) in [6.07, 6.45) is 3.86. The van der Waals surface area contributed by atoms with E-state index in [1.165, 1.54) is 0 Å². The number of nitrogens with zero attached hydrogens (tertiary/aromatic N) is 1. The van der Waals surface area contributed by atoms with Crippen molar-refractivity contribution < 1.29 is 23.9 Å². The molecular formula is C35H26BrNO5. The predicted octanol–water partition coefficient (Wildman–Crippen LogP) is 6.78. The van der Waals surface area contributed by atoms with Crippen LogP contribution >= 0.6 is 15.9 Å². The molecule has 4 aromatic carbocycles. The van der Waals surface area contributed by atoms with Gasteiger partial charge in [-0.05, 0) is 29.8 Å². The van der Waals surface area contributed by atoms with E-state index in [1.807, 2.05) is 59.5 Å².